The van der Waals surface area contributed by atoms with Crippen LogP contribution in [0.15, 0.2) is 46.8 Å². The van der Waals surface area contributed by atoms with Crippen LogP contribution in [0.3, 0.4) is 0 Å². The SMILES string of the molecule is Cc1ccccc1CSc1nc(N)c(C#N)c(-c2cccs2)c1C#N. The normalized spacial score (nSPS) is 10.2. The predicted octanol–water partition coefficient (Wildman–Crippen LogP) is 4.74. The minimum absolute atomic E-state index is 0.164. The minimum atomic E-state index is 0.164. The largest absolute Gasteiger partial charge is 0.383 e. The number of thioether (sulfide) groups is 1. The second-order valence-electron chi connectivity index (χ2n) is 5.34. The maximum atomic E-state index is 9.71. The van der Waals surface area contributed by atoms with E-state index in [9.17, 15) is 10.5 Å². The van der Waals surface area contributed by atoms with Crippen LogP contribution in [-0.4, -0.2) is 4.98 Å². The average Bonchev–Trinajstić information content (AvgIpc) is 3.14. The molecule has 2 heterocycles. The number of anilines is 1. The zero-order chi connectivity index (χ0) is 17.8. The van der Waals surface area contributed by atoms with Gasteiger partial charge < -0.3 is 5.73 Å². The Kier molecular flexibility index (Phi) is 5.04. The fraction of sp³-hybridized carbons (Fsp3) is 0.105. The standard InChI is InChI=1S/C19H14N4S2/c1-12-5-2-3-6-13(12)11-25-19-15(10-21)17(16-7-4-8-24-16)14(9-20)18(22)23-19/h2-8H,11H2,1H3,(H2,22,23). The summed E-state index contributed by atoms with van der Waals surface area (Å²) in [6, 6.07) is 16.2. The van der Waals surface area contributed by atoms with Crippen molar-refractivity contribution in [3.63, 3.8) is 0 Å². The van der Waals surface area contributed by atoms with Gasteiger partial charge in [0.25, 0.3) is 0 Å². The molecule has 0 aliphatic carbocycles. The van der Waals surface area contributed by atoms with Crippen molar-refractivity contribution < 1.29 is 0 Å². The van der Waals surface area contributed by atoms with Crippen molar-refractivity contribution in [3.8, 4) is 22.6 Å². The molecule has 0 fully saturated rings. The molecular weight excluding hydrogens is 348 g/mol. The molecule has 0 saturated heterocycles. The van der Waals surface area contributed by atoms with Crippen molar-refractivity contribution in [1.29, 1.82) is 10.5 Å². The third-order valence-corrected chi connectivity index (χ3v) is 5.72. The highest BCUT2D eigenvalue weighted by atomic mass is 32.2. The first-order valence-electron chi connectivity index (χ1n) is 7.50. The molecule has 0 spiro atoms. The number of aryl methyl sites for hydroxylation is 1. The van der Waals surface area contributed by atoms with Crippen LogP contribution >= 0.6 is 23.1 Å². The molecule has 25 heavy (non-hydrogen) atoms. The molecule has 0 saturated carbocycles. The van der Waals surface area contributed by atoms with E-state index in [4.69, 9.17) is 5.73 Å². The second kappa shape index (κ2) is 7.40. The molecule has 0 unspecified atom stereocenters. The van der Waals surface area contributed by atoms with Gasteiger partial charge in [-0.3, -0.25) is 0 Å². The number of rotatable bonds is 4. The van der Waals surface area contributed by atoms with E-state index < -0.39 is 0 Å². The Labute approximate surface area is 154 Å². The molecule has 6 heteroatoms. The molecule has 0 radical (unpaired) electrons. The van der Waals surface area contributed by atoms with E-state index in [-0.39, 0.29) is 11.4 Å². The van der Waals surface area contributed by atoms with Gasteiger partial charge in [0.1, 0.15) is 28.5 Å². The van der Waals surface area contributed by atoms with Crippen molar-refractivity contribution >= 4 is 28.9 Å². The zero-order valence-electron chi connectivity index (χ0n) is 13.5. The molecule has 122 valence electrons. The van der Waals surface area contributed by atoms with Crippen molar-refractivity contribution in [2.45, 2.75) is 17.7 Å². The molecule has 4 nitrogen and oxygen atoms in total. The van der Waals surface area contributed by atoms with E-state index in [1.807, 2.05) is 29.6 Å². The van der Waals surface area contributed by atoms with Crippen LogP contribution in [0.2, 0.25) is 0 Å². The van der Waals surface area contributed by atoms with E-state index in [2.05, 4.69) is 36.2 Å². The average molecular weight is 362 g/mol. The number of nitriles is 2. The molecular formula is C19H14N4S2. The molecule has 3 aromatic rings. The summed E-state index contributed by atoms with van der Waals surface area (Å²) in [5, 5.41) is 21.7. The van der Waals surface area contributed by atoms with E-state index in [1.165, 1.54) is 34.2 Å². The first kappa shape index (κ1) is 17.0. The van der Waals surface area contributed by atoms with Gasteiger partial charge in [0.2, 0.25) is 0 Å². The van der Waals surface area contributed by atoms with Crippen LogP contribution in [0.1, 0.15) is 22.3 Å². The van der Waals surface area contributed by atoms with E-state index in [0.717, 1.165) is 4.88 Å². The molecule has 0 bridgehead atoms. The van der Waals surface area contributed by atoms with Crippen LogP contribution in [0.5, 0.6) is 0 Å². The third-order valence-electron chi connectivity index (χ3n) is 3.81. The lowest BCUT2D eigenvalue weighted by Gasteiger charge is -2.12. The van der Waals surface area contributed by atoms with Crippen LogP contribution in [0.4, 0.5) is 5.82 Å². The summed E-state index contributed by atoms with van der Waals surface area (Å²) >= 11 is 2.94. The Balaban J connectivity index is 2.08. The summed E-state index contributed by atoms with van der Waals surface area (Å²) in [4.78, 5) is 5.18. The summed E-state index contributed by atoms with van der Waals surface area (Å²) in [5.74, 6) is 0.848. The number of pyridine rings is 1. The summed E-state index contributed by atoms with van der Waals surface area (Å²) in [6.45, 7) is 2.05. The Bertz CT molecular complexity index is 995. The summed E-state index contributed by atoms with van der Waals surface area (Å²) in [6.07, 6.45) is 0. The molecule has 0 aliphatic rings. The molecule has 0 amide bonds. The van der Waals surface area contributed by atoms with Crippen LogP contribution in [0.25, 0.3) is 10.4 Å². The number of hydrogen-bond acceptors (Lipinski definition) is 6. The quantitative estimate of drug-likeness (QED) is 0.678. The third kappa shape index (κ3) is 3.36. The van der Waals surface area contributed by atoms with Gasteiger partial charge in [-0.05, 0) is 29.5 Å². The maximum Gasteiger partial charge on any atom is 0.143 e. The highest BCUT2D eigenvalue weighted by Gasteiger charge is 2.21. The fourth-order valence-corrected chi connectivity index (χ4v) is 4.34. The first-order valence-corrected chi connectivity index (χ1v) is 9.37. The monoisotopic (exact) mass is 362 g/mol. The second-order valence-corrected chi connectivity index (χ2v) is 7.26. The number of benzene rings is 1. The maximum absolute atomic E-state index is 9.71. The fourth-order valence-electron chi connectivity index (χ4n) is 2.49. The van der Waals surface area contributed by atoms with E-state index in [0.29, 0.717) is 21.9 Å². The lowest BCUT2D eigenvalue weighted by Crippen LogP contribution is -2.03. The Morgan fingerprint density at radius 1 is 1.12 bits per heavy atom. The van der Waals surface area contributed by atoms with E-state index in [1.54, 1.807) is 0 Å². The van der Waals surface area contributed by atoms with Gasteiger partial charge in [0.05, 0.1) is 5.56 Å². The Morgan fingerprint density at radius 3 is 2.52 bits per heavy atom. The van der Waals surface area contributed by atoms with Gasteiger partial charge >= 0.3 is 0 Å². The summed E-state index contributed by atoms with van der Waals surface area (Å²) in [5.41, 5.74) is 9.63. The highest BCUT2D eigenvalue weighted by molar-refractivity contribution is 7.98. The first-order chi connectivity index (χ1) is 12.2. The summed E-state index contributed by atoms with van der Waals surface area (Å²) in [7, 11) is 0. The molecule has 2 aromatic heterocycles. The van der Waals surface area contributed by atoms with Crippen molar-refractivity contribution in [2.75, 3.05) is 5.73 Å². The van der Waals surface area contributed by atoms with Crippen molar-refractivity contribution in [1.82, 2.24) is 4.98 Å². The Morgan fingerprint density at radius 2 is 1.88 bits per heavy atom. The van der Waals surface area contributed by atoms with E-state index >= 15 is 0 Å². The molecule has 0 atom stereocenters. The number of nitrogens with two attached hydrogens (primary N) is 1. The minimum Gasteiger partial charge on any atom is -0.383 e. The number of hydrogen-bond donors (Lipinski definition) is 1. The van der Waals surface area contributed by atoms with Gasteiger partial charge in [-0.2, -0.15) is 10.5 Å². The van der Waals surface area contributed by atoms with Gasteiger partial charge in [-0.25, -0.2) is 4.98 Å². The number of nitrogen functional groups attached to an aromatic ring is 1. The lowest BCUT2D eigenvalue weighted by molar-refractivity contribution is 1.11. The molecule has 0 aliphatic heterocycles. The lowest BCUT2D eigenvalue weighted by atomic mass is 10.0. The Hall–Kier alpha value is -2.80. The van der Waals surface area contributed by atoms with Crippen LogP contribution in [-0.2, 0) is 5.75 Å². The number of aromatic nitrogens is 1. The highest BCUT2D eigenvalue weighted by Crippen LogP contribution is 2.38. The number of thiophene rings is 1. The predicted molar refractivity (Wildman–Crippen MR) is 102 cm³/mol. The summed E-state index contributed by atoms with van der Waals surface area (Å²) < 4.78 is 0. The van der Waals surface area contributed by atoms with Crippen LogP contribution in [0, 0.1) is 29.6 Å². The zero-order valence-corrected chi connectivity index (χ0v) is 15.1. The van der Waals surface area contributed by atoms with Crippen LogP contribution < -0.4 is 5.73 Å². The van der Waals surface area contributed by atoms with Crippen molar-refractivity contribution in [3.05, 3.63) is 64.0 Å². The van der Waals surface area contributed by atoms with Gasteiger partial charge in [0, 0.05) is 16.2 Å². The molecule has 1 aromatic carbocycles. The van der Waals surface area contributed by atoms with Gasteiger partial charge in [-0.1, -0.05) is 30.3 Å². The topological polar surface area (TPSA) is 86.5 Å². The van der Waals surface area contributed by atoms with Gasteiger partial charge in [0.15, 0.2) is 0 Å². The van der Waals surface area contributed by atoms with Gasteiger partial charge in [-0.15, -0.1) is 23.1 Å². The van der Waals surface area contributed by atoms with Crippen molar-refractivity contribution in [2.24, 2.45) is 0 Å². The smallest absolute Gasteiger partial charge is 0.143 e. The molecule has 2 N–H and O–H groups in total. The molecule has 3 rings (SSSR count). The number of nitrogens with zero attached hydrogens (tertiary/aromatic N) is 3.